The third kappa shape index (κ3) is 8.30. The molecule has 0 bridgehead atoms. The summed E-state index contributed by atoms with van der Waals surface area (Å²) in [4.78, 5) is 37.1. The van der Waals surface area contributed by atoms with E-state index in [1.165, 1.54) is 41.5 Å². The first-order chi connectivity index (χ1) is 13.4. The molecule has 0 radical (unpaired) electrons. The summed E-state index contributed by atoms with van der Waals surface area (Å²) >= 11 is 0. The second-order valence-corrected chi connectivity index (χ2v) is 6.89. The Morgan fingerprint density at radius 1 is 1.14 bits per heavy atom. The maximum absolute atomic E-state index is 13.1. The molecule has 0 saturated heterocycles. The van der Waals surface area contributed by atoms with E-state index >= 15 is 0 Å². The molecule has 28 heavy (non-hydrogen) atoms. The molecular formula is C20H27FN4O3. The zero-order valence-electron chi connectivity index (χ0n) is 16.1. The van der Waals surface area contributed by atoms with Gasteiger partial charge in [0, 0.05) is 12.2 Å². The molecule has 1 aliphatic carbocycles. The standard InChI is InChI=1S/C20H27FN4O3/c1-25(13-18(26)23-17-9-5-8-16(21)12-17)14-19(27)24-20(28)22-11-10-15-6-3-2-4-7-15/h5-6,8-9,12H,2-4,7,10-11,13-14H2,1H3,(H,23,26)(H2,22,24,27,28). The molecule has 8 heteroatoms. The molecule has 1 aromatic carbocycles. The number of carbonyl (C=O) groups is 3. The van der Waals surface area contributed by atoms with Crippen LogP contribution in [0.5, 0.6) is 0 Å². The lowest BCUT2D eigenvalue weighted by molar-refractivity contribution is -0.122. The number of allylic oxidation sites excluding steroid dienone is 1. The van der Waals surface area contributed by atoms with Gasteiger partial charge in [0.2, 0.25) is 11.8 Å². The summed E-state index contributed by atoms with van der Waals surface area (Å²) < 4.78 is 13.1. The van der Waals surface area contributed by atoms with Crippen molar-refractivity contribution >= 4 is 23.5 Å². The van der Waals surface area contributed by atoms with Crippen LogP contribution in [0, 0.1) is 5.82 Å². The van der Waals surface area contributed by atoms with Gasteiger partial charge in [-0.3, -0.25) is 19.8 Å². The number of amides is 4. The average molecular weight is 390 g/mol. The second kappa shape index (κ2) is 11.2. The van der Waals surface area contributed by atoms with Crippen LogP contribution in [0.1, 0.15) is 32.1 Å². The predicted molar refractivity (Wildman–Crippen MR) is 105 cm³/mol. The number of hydrogen-bond acceptors (Lipinski definition) is 4. The van der Waals surface area contributed by atoms with E-state index in [0.717, 1.165) is 19.3 Å². The molecule has 0 saturated carbocycles. The Balaban J connectivity index is 1.63. The van der Waals surface area contributed by atoms with Crippen LogP contribution in [0.25, 0.3) is 0 Å². The molecule has 0 fully saturated rings. The van der Waals surface area contributed by atoms with E-state index < -0.39 is 17.8 Å². The van der Waals surface area contributed by atoms with E-state index in [1.807, 2.05) is 0 Å². The van der Waals surface area contributed by atoms with Crippen molar-refractivity contribution in [1.82, 2.24) is 15.5 Å². The lowest BCUT2D eigenvalue weighted by Gasteiger charge is -2.16. The number of benzene rings is 1. The van der Waals surface area contributed by atoms with Gasteiger partial charge >= 0.3 is 6.03 Å². The molecule has 0 aliphatic heterocycles. The highest BCUT2D eigenvalue weighted by atomic mass is 19.1. The number of urea groups is 1. The Morgan fingerprint density at radius 2 is 1.93 bits per heavy atom. The molecule has 0 spiro atoms. The van der Waals surface area contributed by atoms with Gasteiger partial charge in [-0.25, -0.2) is 9.18 Å². The number of anilines is 1. The second-order valence-electron chi connectivity index (χ2n) is 6.89. The lowest BCUT2D eigenvalue weighted by atomic mass is 9.97. The molecule has 1 aromatic rings. The number of carbonyl (C=O) groups excluding carboxylic acids is 3. The van der Waals surface area contributed by atoms with Gasteiger partial charge in [-0.15, -0.1) is 0 Å². The van der Waals surface area contributed by atoms with Gasteiger partial charge in [-0.2, -0.15) is 0 Å². The maximum Gasteiger partial charge on any atom is 0.321 e. The lowest BCUT2D eigenvalue weighted by Crippen LogP contribution is -2.45. The van der Waals surface area contributed by atoms with Crippen LogP contribution >= 0.6 is 0 Å². The summed E-state index contributed by atoms with van der Waals surface area (Å²) in [5.41, 5.74) is 1.69. The zero-order valence-corrected chi connectivity index (χ0v) is 16.1. The first-order valence-corrected chi connectivity index (χ1v) is 9.42. The molecule has 1 aliphatic rings. The number of imide groups is 1. The SMILES string of the molecule is CN(CC(=O)NC(=O)NCCC1=CCCCC1)CC(=O)Nc1cccc(F)c1. The molecule has 0 atom stereocenters. The van der Waals surface area contributed by atoms with Crippen LogP contribution in [0.2, 0.25) is 0 Å². The minimum atomic E-state index is -0.543. The fraction of sp³-hybridized carbons (Fsp3) is 0.450. The Hall–Kier alpha value is -2.74. The van der Waals surface area contributed by atoms with Crippen LogP contribution in [-0.2, 0) is 9.59 Å². The molecule has 2 rings (SSSR count). The van der Waals surface area contributed by atoms with Crippen molar-refractivity contribution in [2.75, 3.05) is 32.0 Å². The quantitative estimate of drug-likeness (QED) is 0.595. The van der Waals surface area contributed by atoms with Gasteiger partial charge in [-0.1, -0.05) is 17.7 Å². The highest BCUT2D eigenvalue weighted by Gasteiger charge is 2.13. The van der Waals surface area contributed by atoms with Crippen LogP contribution in [0.3, 0.4) is 0 Å². The molecule has 3 N–H and O–H groups in total. The fourth-order valence-electron chi connectivity index (χ4n) is 2.99. The topological polar surface area (TPSA) is 90.5 Å². The fourth-order valence-corrected chi connectivity index (χ4v) is 2.99. The minimum Gasteiger partial charge on any atom is -0.337 e. The van der Waals surface area contributed by atoms with Gasteiger partial charge in [0.1, 0.15) is 5.82 Å². The van der Waals surface area contributed by atoms with Crippen molar-refractivity contribution in [3.05, 3.63) is 41.7 Å². The maximum atomic E-state index is 13.1. The summed E-state index contributed by atoms with van der Waals surface area (Å²) in [7, 11) is 1.58. The Kier molecular flexibility index (Phi) is 8.61. The van der Waals surface area contributed by atoms with Gasteiger partial charge in [0.05, 0.1) is 13.1 Å². The van der Waals surface area contributed by atoms with Crippen LogP contribution < -0.4 is 16.0 Å². The summed E-state index contributed by atoms with van der Waals surface area (Å²) in [5.74, 6) is -1.34. The monoisotopic (exact) mass is 390 g/mol. The van der Waals surface area contributed by atoms with E-state index in [2.05, 4.69) is 22.0 Å². The van der Waals surface area contributed by atoms with E-state index in [0.29, 0.717) is 12.2 Å². The number of rotatable bonds is 8. The van der Waals surface area contributed by atoms with E-state index in [9.17, 15) is 18.8 Å². The molecule has 7 nitrogen and oxygen atoms in total. The molecule has 0 aromatic heterocycles. The summed E-state index contributed by atoms with van der Waals surface area (Å²) in [5, 5.41) is 7.47. The van der Waals surface area contributed by atoms with E-state index in [4.69, 9.17) is 0 Å². The predicted octanol–water partition coefficient (Wildman–Crippen LogP) is 2.41. The highest BCUT2D eigenvalue weighted by molar-refractivity contribution is 5.96. The van der Waals surface area contributed by atoms with E-state index in [-0.39, 0.29) is 19.0 Å². The van der Waals surface area contributed by atoms with Gasteiger partial charge in [0.15, 0.2) is 0 Å². The van der Waals surface area contributed by atoms with Crippen molar-refractivity contribution < 1.29 is 18.8 Å². The summed E-state index contributed by atoms with van der Waals surface area (Å²) in [6.07, 6.45) is 7.60. The average Bonchev–Trinajstić information content (AvgIpc) is 2.62. The van der Waals surface area contributed by atoms with Crippen molar-refractivity contribution in [1.29, 1.82) is 0 Å². The molecular weight excluding hydrogens is 363 g/mol. The smallest absolute Gasteiger partial charge is 0.321 e. The summed E-state index contributed by atoms with van der Waals surface area (Å²) in [6, 6.07) is 5.01. The number of halogens is 1. The first-order valence-electron chi connectivity index (χ1n) is 9.42. The third-order valence-electron chi connectivity index (χ3n) is 4.31. The Labute approximate surface area is 164 Å². The van der Waals surface area contributed by atoms with Crippen LogP contribution in [-0.4, -0.2) is 49.4 Å². The van der Waals surface area contributed by atoms with Gasteiger partial charge < -0.3 is 10.6 Å². The molecule has 0 heterocycles. The van der Waals surface area contributed by atoms with Crippen molar-refractivity contribution in [2.24, 2.45) is 0 Å². The van der Waals surface area contributed by atoms with Crippen LogP contribution in [0.4, 0.5) is 14.9 Å². The number of nitrogens with one attached hydrogen (secondary N) is 3. The largest absolute Gasteiger partial charge is 0.337 e. The number of hydrogen-bond donors (Lipinski definition) is 3. The van der Waals surface area contributed by atoms with Crippen molar-refractivity contribution in [2.45, 2.75) is 32.1 Å². The molecule has 152 valence electrons. The van der Waals surface area contributed by atoms with Crippen molar-refractivity contribution in [3.8, 4) is 0 Å². The minimum absolute atomic E-state index is 0.0697. The Bertz CT molecular complexity index is 736. The molecule has 4 amide bonds. The molecule has 0 unspecified atom stereocenters. The number of likely N-dealkylation sites (N-methyl/N-ethyl adjacent to an activating group) is 1. The number of nitrogens with zero attached hydrogens (tertiary/aromatic N) is 1. The third-order valence-corrected chi connectivity index (χ3v) is 4.31. The first kappa shape index (κ1) is 21.6. The van der Waals surface area contributed by atoms with Crippen LogP contribution in [0.15, 0.2) is 35.9 Å². The van der Waals surface area contributed by atoms with Gasteiger partial charge in [-0.05, 0) is 57.4 Å². The summed E-state index contributed by atoms with van der Waals surface area (Å²) in [6.45, 7) is 0.297. The van der Waals surface area contributed by atoms with Gasteiger partial charge in [0.25, 0.3) is 0 Å². The normalized spacial score (nSPS) is 13.6. The highest BCUT2D eigenvalue weighted by Crippen LogP contribution is 2.19. The van der Waals surface area contributed by atoms with E-state index in [1.54, 1.807) is 13.1 Å². The van der Waals surface area contributed by atoms with Crippen molar-refractivity contribution in [3.63, 3.8) is 0 Å². The Morgan fingerprint density at radius 3 is 2.64 bits per heavy atom. The zero-order chi connectivity index (χ0) is 20.4.